The van der Waals surface area contributed by atoms with E-state index in [1.807, 2.05) is 19.2 Å². The highest BCUT2D eigenvalue weighted by atomic mass is 16.3. The average molecular weight is 241 g/mol. The summed E-state index contributed by atoms with van der Waals surface area (Å²) in [5, 5.41) is 12.5. The zero-order chi connectivity index (χ0) is 13.0. The van der Waals surface area contributed by atoms with E-state index in [2.05, 4.69) is 36.5 Å². The summed E-state index contributed by atoms with van der Waals surface area (Å²) >= 11 is 0. The van der Waals surface area contributed by atoms with Crippen molar-refractivity contribution >= 4 is 0 Å². The quantitative estimate of drug-likeness (QED) is 0.861. The average Bonchev–Trinajstić information content (AvgIpc) is 2.40. The van der Waals surface area contributed by atoms with E-state index >= 15 is 0 Å². The largest absolute Gasteiger partial charge is 0.508 e. The molecule has 18 heavy (non-hydrogen) atoms. The lowest BCUT2D eigenvalue weighted by Gasteiger charge is -2.10. The molecule has 0 spiro atoms. The summed E-state index contributed by atoms with van der Waals surface area (Å²) in [5.41, 5.74) is 3.64. The van der Waals surface area contributed by atoms with E-state index < -0.39 is 0 Å². The molecule has 2 rings (SSSR count). The first kappa shape index (κ1) is 12.7. The summed E-state index contributed by atoms with van der Waals surface area (Å²) in [4.78, 5) is 0. The van der Waals surface area contributed by atoms with E-state index in [1.54, 1.807) is 12.1 Å². The lowest BCUT2D eigenvalue weighted by atomic mass is 10.0. The Morgan fingerprint density at radius 3 is 1.94 bits per heavy atom. The van der Waals surface area contributed by atoms with Gasteiger partial charge in [0.05, 0.1) is 0 Å². The number of hydrogen-bond acceptors (Lipinski definition) is 2. The van der Waals surface area contributed by atoms with Crippen molar-refractivity contribution in [1.82, 2.24) is 5.32 Å². The molecule has 1 atom stereocenters. The number of likely N-dealkylation sites (N-methyl/N-ethyl adjacent to an activating group) is 1. The summed E-state index contributed by atoms with van der Waals surface area (Å²) in [6, 6.07) is 16.4. The second-order valence-electron chi connectivity index (χ2n) is 4.64. The molecule has 0 bridgehead atoms. The van der Waals surface area contributed by atoms with Gasteiger partial charge in [0.25, 0.3) is 0 Å². The second-order valence-corrected chi connectivity index (χ2v) is 4.64. The maximum Gasteiger partial charge on any atom is 0.115 e. The Morgan fingerprint density at radius 1 is 0.944 bits per heavy atom. The number of rotatable bonds is 4. The summed E-state index contributed by atoms with van der Waals surface area (Å²) in [6.45, 7) is 2.17. The van der Waals surface area contributed by atoms with E-state index in [4.69, 9.17) is 0 Å². The summed E-state index contributed by atoms with van der Waals surface area (Å²) in [6.07, 6.45) is 1.03. The Kier molecular flexibility index (Phi) is 4.00. The Labute approximate surface area is 108 Å². The maximum absolute atomic E-state index is 9.27. The van der Waals surface area contributed by atoms with Crippen molar-refractivity contribution in [2.75, 3.05) is 7.05 Å². The second kappa shape index (κ2) is 5.69. The van der Waals surface area contributed by atoms with Crippen LogP contribution >= 0.6 is 0 Å². The topological polar surface area (TPSA) is 32.3 Å². The molecular formula is C16H19NO. The lowest BCUT2D eigenvalue weighted by Crippen LogP contribution is -2.23. The molecule has 2 aromatic carbocycles. The van der Waals surface area contributed by atoms with Crippen molar-refractivity contribution in [3.63, 3.8) is 0 Å². The third-order valence-corrected chi connectivity index (χ3v) is 3.19. The third-order valence-electron chi connectivity index (χ3n) is 3.19. The number of nitrogens with one attached hydrogen (secondary N) is 1. The first-order valence-electron chi connectivity index (χ1n) is 6.24. The van der Waals surface area contributed by atoms with Gasteiger partial charge in [0.1, 0.15) is 5.75 Å². The highest BCUT2D eigenvalue weighted by Crippen LogP contribution is 2.22. The van der Waals surface area contributed by atoms with E-state index in [0.717, 1.165) is 12.0 Å². The Hall–Kier alpha value is -1.80. The van der Waals surface area contributed by atoms with Crippen LogP contribution in [0.25, 0.3) is 11.1 Å². The van der Waals surface area contributed by atoms with Crippen LogP contribution in [0.1, 0.15) is 12.5 Å². The molecule has 2 aromatic rings. The molecule has 0 saturated carbocycles. The molecule has 1 unspecified atom stereocenters. The van der Waals surface area contributed by atoms with Crippen molar-refractivity contribution in [2.45, 2.75) is 19.4 Å². The van der Waals surface area contributed by atoms with Crippen molar-refractivity contribution in [1.29, 1.82) is 0 Å². The smallest absolute Gasteiger partial charge is 0.115 e. The fourth-order valence-electron chi connectivity index (χ4n) is 1.94. The molecule has 2 heteroatoms. The normalized spacial score (nSPS) is 12.3. The van der Waals surface area contributed by atoms with Gasteiger partial charge in [0.15, 0.2) is 0 Å². The fourth-order valence-corrected chi connectivity index (χ4v) is 1.94. The molecule has 0 radical (unpaired) electrons. The van der Waals surface area contributed by atoms with E-state index in [0.29, 0.717) is 11.8 Å². The zero-order valence-corrected chi connectivity index (χ0v) is 10.9. The van der Waals surface area contributed by atoms with Gasteiger partial charge in [0, 0.05) is 6.04 Å². The summed E-state index contributed by atoms with van der Waals surface area (Å²) < 4.78 is 0. The Bertz CT molecular complexity index is 488. The van der Waals surface area contributed by atoms with Crippen molar-refractivity contribution in [2.24, 2.45) is 0 Å². The van der Waals surface area contributed by atoms with Crippen LogP contribution < -0.4 is 5.32 Å². The lowest BCUT2D eigenvalue weighted by molar-refractivity contribution is 0.475. The van der Waals surface area contributed by atoms with Crippen LogP contribution in [0.15, 0.2) is 48.5 Å². The number of aromatic hydroxyl groups is 1. The molecule has 0 amide bonds. The number of phenolic OH excluding ortho intramolecular Hbond substituents is 1. The number of benzene rings is 2. The first-order valence-corrected chi connectivity index (χ1v) is 6.24. The van der Waals surface area contributed by atoms with Gasteiger partial charge in [0.2, 0.25) is 0 Å². The minimum atomic E-state index is 0.304. The summed E-state index contributed by atoms with van der Waals surface area (Å²) in [7, 11) is 1.98. The van der Waals surface area contributed by atoms with Gasteiger partial charge in [-0.25, -0.2) is 0 Å². The Morgan fingerprint density at radius 2 is 1.44 bits per heavy atom. The van der Waals surface area contributed by atoms with Crippen LogP contribution in [0.2, 0.25) is 0 Å². The van der Waals surface area contributed by atoms with E-state index in [9.17, 15) is 5.11 Å². The first-order chi connectivity index (χ1) is 8.69. The molecule has 0 aliphatic rings. The van der Waals surface area contributed by atoms with Crippen LogP contribution in [0.4, 0.5) is 0 Å². The van der Waals surface area contributed by atoms with Gasteiger partial charge >= 0.3 is 0 Å². The standard InChI is InChI=1S/C16H19NO/c1-12(17-2)11-13-3-5-14(6-4-13)15-7-9-16(18)10-8-15/h3-10,12,17-18H,11H2,1-2H3. The highest BCUT2D eigenvalue weighted by molar-refractivity contribution is 5.64. The van der Waals surface area contributed by atoms with E-state index in [-0.39, 0.29) is 0 Å². The molecular weight excluding hydrogens is 222 g/mol. The minimum absolute atomic E-state index is 0.304. The van der Waals surface area contributed by atoms with Crippen LogP contribution in [-0.2, 0) is 6.42 Å². The zero-order valence-electron chi connectivity index (χ0n) is 10.9. The van der Waals surface area contributed by atoms with Gasteiger partial charge in [-0.1, -0.05) is 36.4 Å². The van der Waals surface area contributed by atoms with E-state index in [1.165, 1.54) is 11.1 Å². The molecule has 0 fully saturated rings. The molecule has 0 heterocycles. The fraction of sp³-hybridized carbons (Fsp3) is 0.250. The van der Waals surface area contributed by atoms with Crippen LogP contribution in [0, 0.1) is 0 Å². The van der Waals surface area contributed by atoms with Gasteiger partial charge in [-0.15, -0.1) is 0 Å². The van der Waals surface area contributed by atoms with Gasteiger partial charge in [-0.05, 0) is 49.2 Å². The van der Waals surface area contributed by atoms with Gasteiger partial charge in [-0.2, -0.15) is 0 Å². The van der Waals surface area contributed by atoms with Crippen molar-refractivity contribution in [3.05, 3.63) is 54.1 Å². The predicted molar refractivity (Wildman–Crippen MR) is 75.8 cm³/mol. The third kappa shape index (κ3) is 3.11. The predicted octanol–water partition coefficient (Wildman–Crippen LogP) is 3.21. The molecule has 0 aliphatic carbocycles. The van der Waals surface area contributed by atoms with Crippen LogP contribution in [0.5, 0.6) is 5.75 Å². The maximum atomic E-state index is 9.27. The number of hydrogen-bond donors (Lipinski definition) is 2. The molecule has 0 aliphatic heterocycles. The van der Waals surface area contributed by atoms with Crippen LogP contribution in [0.3, 0.4) is 0 Å². The number of phenols is 1. The van der Waals surface area contributed by atoms with Gasteiger partial charge in [-0.3, -0.25) is 0 Å². The Balaban J connectivity index is 2.14. The van der Waals surface area contributed by atoms with Crippen molar-refractivity contribution < 1.29 is 5.11 Å². The monoisotopic (exact) mass is 241 g/mol. The van der Waals surface area contributed by atoms with Crippen molar-refractivity contribution in [3.8, 4) is 16.9 Å². The highest BCUT2D eigenvalue weighted by Gasteiger charge is 2.02. The molecule has 0 aromatic heterocycles. The molecule has 2 nitrogen and oxygen atoms in total. The minimum Gasteiger partial charge on any atom is -0.508 e. The van der Waals surface area contributed by atoms with Gasteiger partial charge < -0.3 is 10.4 Å². The van der Waals surface area contributed by atoms with Crippen LogP contribution in [-0.4, -0.2) is 18.2 Å². The summed E-state index contributed by atoms with van der Waals surface area (Å²) in [5.74, 6) is 0.304. The molecule has 2 N–H and O–H groups in total. The molecule has 0 saturated heterocycles. The molecule has 94 valence electrons. The SMILES string of the molecule is CNC(C)Cc1ccc(-c2ccc(O)cc2)cc1.